The van der Waals surface area contributed by atoms with Gasteiger partial charge in [0.25, 0.3) is 5.91 Å². The lowest BCUT2D eigenvalue weighted by molar-refractivity contribution is -0.144. The normalized spacial score (nSPS) is 21.8. The van der Waals surface area contributed by atoms with Gasteiger partial charge in [-0.2, -0.15) is 0 Å². The minimum atomic E-state index is -0.761. The van der Waals surface area contributed by atoms with Crippen molar-refractivity contribution in [3.8, 4) is 0 Å². The van der Waals surface area contributed by atoms with Crippen molar-refractivity contribution >= 4 is 11.9 Å². The second-order valence-electron chi connectivity index (χ2n) is 5.44. The van der Waals surface area contributed by atoms with Crippen LogP contribution in [-0.2, 0) is 11.3 Å². The Morgan fingerprint density at radius 1 is 1.38 bits per heavy atom. The molecule has 1 aromatic heterocycles. The molecule has 0 saturated heterocycles. The molecule has 2 atom stereocenters. The lowest BCUT2D eigenvalue weighted by Crippen LogP contribution is -2.37. The van der Waals surface area contributed by atoms with E-state index >= 15 is 0 Å². The first-order valence-electron chi connectivity index (χ1n) is 7.28. The van der Waals surface area contributed by atoms with Crippen LogP contribution in [0.5, 0.6) is 0 Å². The summed E-state index contributed by atoms with van der Waals surface area (Å²) in [5.74, 6) is -1.31. The van der Waals surface area contributed by atoms with Gasteiger partial charge in [0.2, 0.25) is 0 Å². The van der Waals surface area contributed by atoms with Crippen LogP contribution >= 0.6 is 0 Å². The van der Waals surface area contributed by atoms with E-state index in [1.165, 1.54) is 0 Å². The van der Waals surface area contributed by atoms with Crippen LogP contribution in [-0.4, -0.2) is 28.5 Å². The van der Waals surface area contributed by atoms with E-state index in [4.69, 9.17) is 5.73 Å². The third-order valence-corrected chi connectivity index (χ3v) is 4.04. The average Bonchev–Trinajstić information content (AvgIpc) is 2.52. The number of aliphatic carboxylic acids is 1. The molecule has 2 unspecified atom stereocenters. The van der Waals surface area contributed by atoms with Gasteiger partial charge in [0.15, 0.2) is 0 Å². The van der Waals surface area contributed by atoms with E-state index in [1.807, 2.05) is 0 Å². The Kier molecular flexibility index (Phi) is 5.27. The molecule has 1 amide bonds. The second-order valence-corrected chi connectivity index (χ2v) is 5.44. The minimum Gasteiger partial charge on any atom is -0.481 e. The van der Waals surface area contributed by atoms with E-state index < -0.39 is 5.97 Å². The third kappa shape index (κ3) is 4.01. The summed E-state index contributed by atoms with van der Waals surface area (Å²) >= 11 is 0. The molecule has 0 bridgehead atoms. The number of hydrogen-bond donors (Lipinski definition) is 3. The molecular weight excluding hydrogens is 270 g/mol. The van der Waals surface area contributed by atoms with E-state index in [0.29, 0.717) is 24.2 Å². The number of carbonyl (C=O) groups excluding carboxylic acids is 1. The van der Waals surface area contributed by atoms with Gasteiger partial charge >= 0.3 is 5.97 Å². The summed E-state index contributed by atoms with van der Waals surface area (Å²) < 4.78 is 0. The van der Waals surface area contributed by atoms with Crippen molar-refractivity contribution in [2.24, 2.45) is 17.6 Å². The van der Waals surface area contributed by atoms with E-state index in [0.717, 1.165) is 19.3 Å². The number of nitrogens with one attached hydrogen (secondary N) is 1. The molecule has 0 aromatic carbocycles. The number of hydrogen-bond acceptors (Lipinski definition) is 4. The SMILES string of the molecule is NCc1cc(C(=O)NCC2CCCCC2C(=O)O)ccn1. The fraction of sp³-hybridized carbons (Fsp3) is 0.533. The first-order valence-corrected chi connectivity index (χ1v) is 7.28. The largest absolute Gasteiger partial charge is 0.481 e. The molecule has 4 N–H and O–H groups in total. The van der Waals surface area contributed by atoms with Crippen molar-refractivity contribution in [2.45, 2.75) is 32.2 Å². The number of carbonyl (C=O) groups is 2. The van der Waals surface area contributed by atoms with Crippen LogP contribution < -0.4 is 11.1 Å². The second kappa shape index (κ2) is 7.17. The molecule has 0 aliphatic heterocycles. The predicted molar refractivity (Wildman–Crippen MR) is 77.5 cm³/mol. The highest BCUT2D eigenvalue weighted by molar-refractivity contribution is 5.94. The number of rotatable bonds is 5. The zero-order valence-electron chi connectivity index (χ0n) is 11.9. The third-order valence-electron chi connectivity index (χ3n) is 4.04. The van der Waals surface area contributed by atoms with Crippen molar-refractivity contribution in [1.29, 1.82) is 0 Å². The molecule has 1 fully saturated rings. The Hall–Kier alpha value is -1.95. The van der Waals surface area contributed by atoms with Crippen molar-refractivity contribution < 1.29 is 14.7 Å². The molecule has 6 heteroatoms. The summed E-state index contributed by atoms with van der Waals surface area (Å²) in [4.78, 5) is 27.4. The van der Waals surface area contributed by atoms with Crippen LogP contribution in [0.3, 0.4) is 0 Å². The van der Waals surface area contributed by atoms with Gasteiger partial charge in [-0.3, -0.25) is 14.6 Å². The monoisotopic (exact) mass is 291 g/mol. The van der Waals surface area contributed by atoms with E-state index in [-0.39, 0.29) is 24.3 Å². The molecular formula is C15H21N3O3. The molecule has 1 aromatic rings. The lowest BCUT2D eigenvalue weighted by atomic mass is 9.79. The zero-order chi connectivity index (χ0) is 15.2. The highest BCUT2D eigenvalue weighted by Crippen LogP contribution is 2.29. The molecule has 114 valence electrons. The minimum absolute atomic E-state index is 0.0102. The quantitative estimate of drug-likeness (QED) is 0.755. The molecule has 1 aliphatic rings. The average molecular weight is 291 g/mol. The summed E-state index contributed by atoms with van der Waals surface area (Å²) in [5.41, 5.74) is 6.67. The summed E-state index contributed by atoms with van der Waals surface area (Å²) in [7, 11) is 0. The number of carboxylic acid groups (broad SMARTS) is 1. The summed E-state index contributed by atoms with van der Waals surface area (Å²) in [6, 6.07) is 3.29. The molecule has 0 spiro atoms. The highest BCUT2D eigenvalue weighted by Gasteiger charge is 2.30. The predicted octanol–water partition coefficient (Wildman–Crippen LogP) is 1.16. The maximum atomic E-state index is 12.1. The van der Waals surface area contributed by atoms with E-state index in [1.54, 1.807) is 18.3 Å². The van der Waals surface area contributed by atoms with Gasteiger partial charge in [0.1, 0.15) is 0 Å². The number of aromatic nitrogens is 1. The molecule has 6 nitrogen and oxygen atoms in total. The Morgan fingerprint density at radius 3 is 2.86 bits per heavy atom. The summed E-state index contributed by atoms with van der Waals surface area (Å²) in [6.07, 6.45) is 5.07. The number of carboxylic acids is 1. The van der Waals surface area contributed by atoms with Crippen molar-refractivity contribution in [2.75, 3.05) is 6.54 Å². The fourth-order valence-electron chi connectivity index (χ4n) is 2.83. The van der Waals surface area contributed by atoms with Crippen LogP contribution in [0.1, 0.15) is 41.7 Å². The van der Waals surface area contributed by atoms with E-state index in [9.17, 15) is 14.7 Å². The summed E-state index contributed by atoms with van der Waals surface area (Å²) in [6.45, 7) is 0.681. The van der Waals surface area contributed by atoms with Gasteiger partial charge < -0.3 is 16.2 Å². The molecule has 0 radical (unpaired) electrons. The van der Waals surface area contributed by atoms with Crippen LogP contribution in [0.25, 0.3) is 0 Å². The first-order chi connectivity index (χ1) is 10.1. The van der Waals surface area contributed by atoms with Crippen LogP contribution in [0.2, 0.25) is 0 Å². The van der Waals surface area contributed by atoms with Crippen molar-refractivity contribution in [3.63, 3.8) is 0 Å². The van der Waals surface area contributed by atoms with Gasteiger partial charge in [-0.05, 0) is 30.9 Å². The van der Waals surface area contributed by atoms with Crippen molar-refractivity contribution in [3.05, 3.63) is 29.6 Å². The van der Waals surface area contributed by atoms with Gasteiger partial charge in [0, 0.05) is 24.8 Å². The number of nitrogens with two attached hydrogens (primary N) is 1. The Morgan fingerprint density at radius 2 is 2.14 bits per heavy atom. The molecule has 1 heterocycles. The van der Waals surface area contributed by atoms with Gasteiger partial charge in [0.05, 0.1) is 11.6 Å². The Labute approximate surface area is 123 Å². The van der Waals surface area contributed by atoms with Crippen molar-refractivity contribution in [1.82, 2.24) is 10.3 Å². The smallest absolute Gasteiger partial charge is 0.306 e. The van der Waals surface area contributed by atoms with Crippen LogP contribution in [0, 0.1) is 11.8 Å². The number of nitrogens with zero attached hydrogens (tertiary/aromatic N) is 1. The standard InChI is InChI=1S/C15H21N3O3/c16-8-12-7-10(5-6-17-12)14(19)18-9-11-3-1-2-4-13(11)15(20)21/h5-7,11,13H,1-4,8-9,16H2,(H,18,19)(H,20,21). The topological polar surface area (TPSA) is 105 Å². The van der Waals surface area contributed by atoms with Crippen LogP contribution in [0.15, 0.2) is 18.3 Å². The molecule has 21 heavy (non-hydrogen) atoms. The highest BCUT2D eigenvalue weighted by atomic mass is 16.4. The number of pyridine rings is 1. The number of amides is 1. The van der Waals surface area contributed by atoms with E-state index in [2.05, 4.69) is 10.3 Å². The van der Waals surface area contributed by atoms with Crippen LogP contribution in [0.4, 0.5) is 0 Å². The van der Waals surface area contributed by atoms with Gasteiger partial charge in [-0.15, -0.1) is 0 Å². The Balaban J connectivity index is 1.94. The zero-order valence-corrected chi connectivity index (χ0v) is 11.9. The Bertz CT molecular complexity index is 519. The molecule has 2 rings (SSSR count). The molecule has 1 aliphatic carbocycles. The molecule has 1 saturated carbocycles. The maximum absolute atomic E-state index is 12.1. The maximum Gasteiger partial charge on any atom is 0.306 e. The first kappa shape index (κ1) is 15.4. The van der Waals surface area contributed by atoms with Gasteiger partial charge in [-0.25, -0.2) is 0 Å². The fourth-order valence-corrected chi connectivity index (χ4v) is 2.83. The van der Waals surface area contributed by atoms with Gasteiger partial charge in [-0.1, -0.05) is 12.8 Å². The lowest BCUT2D eigenvalue weighted by Gasteiger charge is -2.28. The summed E-state index contributed by atoms with van der Waals surface area (Å²) in [5, 5.41) is 12.1.